The van der Waals surface area contributed by atoms with E-state index in [1.165, 1.54) is 6.07 Å². The SMILES string of the molecule is O=C(COc1ccccc1-c1noc(-c2ccccc2F)n1)Nc1ccc(Cl)cc1. The van der Waals surface area contributed by atoms with Gasteiger partial charge in [-0.05, 0) is 48.5 Å². The molecule has 1 amide bonds. The Morgan fingerprint density at radius 2 is 1.70 bits per heavy atom. The summed E-state index contributed by atoms with van der Waals surface area (Å²) in [5, 5.41) is 7.22. The van der Waals surface area contributed by atoms with Crippen molar-refractivity contribution in [3.8, 4) is 28.6 Å². The maximum atomic E-state index is 14.0. The highest BCUT2D eigenvalue weighted by Crippen LogP contribution is 2.30. The van der Waals surface area contributed by atoms with Crippen molar-refractivity contribution in [2.45, 2.75) is 0 Å². The van der Waals surface area contributed by atoms with Gasteiger partial charge in [0.05, 0.1) is 11.1 Å². The third kappa shape index (κ3) is 4.47. The van der Waals surface area contributed by atoms with E-state index in [-0.39, 0.29) is 29.8 Å². The van der Waals surface area contributed by atoms with Crippen LogP contribution in [0.2, 0.25) is 5.02 Å². The minimum absolute atomic E-state index is 0.0541. The standard InChI is InChI=1S/C22H15ClFN3O3/c23-14-9-11-15(12-10-14)25-20(28)13-29-19-8-4-2-6-17(19)21-26-22(30-27-21)16-5-1-3-7-18(16)24/h1-12H,13H2,(H,25,28). The van der Waals surface area contributed by atoms with Crippen LogP contribution in [0.3, 0.4) is 0 Å². The second-order valence-corrected chi connectivity index (χ2v) is 6.68. The number of para-hydroxylation sites is 1. The normalized spacial score (nSPS) is 10.6. The summed E-state index contributed by atoms with van der Waals surface area (Å²) in [6.07, 6.45) is 0. The number of nitrogens with zero attached hydrogens (tertiary/aromatic N) is 2. The number of aromatic nitrogens is 2. The van der Waals surface area contributed by atoms with E-state index < -0.39 is 5.82 Å². The molecule has 8 heteroatoms. The van der Waals surface area contributed by atoms with E-state index in [0.717, 1.165) is 0 Å². The molecule has 0 unspecified atom stereocenters. The lowest BCUT2D eigenvalue weighted by Crippen LogP contribution is -2.20. The van der Waals surface area contributed by atoms with Crippen molar-refractivity contribution in [3.05, 3.63) is 83.6 Å². The zero-order valence-corrected chi connectivity index (χ0v) is 16.3. The lowest BCUT2D eigenvalue weighted by molar-refractivity contribution is -0.118. The van der Waals surface area contributed by atoms with E-state index in [9.17, 15) is 9.18 Å². The van der Waals surface area contributed by atoms with Gasteiger partial charge in [-0.1, -0.05) is 41.0 Å². The third-order valence-corrected chi connectivity index (χ3v) is 4.40. The smallest absolute Gasteiger partial charge is 0.262 e. The summed E-state index contributed by atoms with van der Waals surface area (Å²) in [5.74, 6) is -0.131. The molecule has 0 spiro atoms. The van der Waals surface area contributed by atoms with Crippen molar-refractivity contribution in [3.63, 3.8) is 0 Å². The molecule has 1 aromatic heterocycles. The van der Waals surface area contributed by atoms with Gasteiger partial charge >= 0.3 is 0 Å². The van der Waals surface area contributed by atoms with Gasteiger partial charge in [-0.2, -0.15) is 4.98 Å². The molecule has 0 bridgehead atoms. The number of rotatable bonds is 6. The first kappa shape index (κ1) is 19.6. The molecule has 0 aliphatic heterocycles. The second-order valence-electron chi connectivity index (χ2n) is 6.24. The Morgan fingerprint density at radius 1 is 1.00 bits per heavy atom. The van der Waals surface area contributed by atoms with E-state index in [1.54, 1.807) is 66.7 Å². The summed E-state index contributed by atoms with van der Waals surface area (Å²) in [6.45, 7) is -0.225. The number of nitrogens with one attached hydrogen (secondary N) is 1. The highest BCUT2D eigenvalue weighted by molar-refractivity contribution is 6.30. The second kappa shape index (κ2) is 8.75. The zero-order chi connectivity index (χ0) is 20.9. The maximum absolute atomic E-state index is 14.0. The zero-order valence-electron chi connectivity index (χ0n) is 15.5. The Labute approximate surface area is 176 Å². The monoisotopic (exact) mass is 423 g/mol. The summed E-state index contributed by atoms with van der Waals surface area (Å²) in [4.78, 5) is 16.4. The van der Waals surface area contributed by atoms with Gasteiger partial charge in [-0.25, -0.2) is 4.39 Å². The number of ether oxygens (including phenoxy) is 1. The molecule has 0 fully saturated rings. The third-order valence-electron chi connectivity index (χ3n) is 4.15. The summed E-state index contributed by atoms with van der Waals surface area (Å²) in [5.41, 5.74) is 1.33. The maximum Gasteiger partial charge on any atom is 0.262 e. The van der Waals surface area contributed by atoms with Crippen LogP contribution in [0.4, 0.5) is 10.1 Å². The van der Waals surface area contributed by atoms with Crippen molar-refractivity contribution in [2.24, 2.45) is 0 Å². The molecule has 6 nitrogen and oxygen atoms in total. The Kier molecular flexibility index (Phi) is 5.72. The molecule has 3 aromatic carbocycles. The number of carbonyl (C=O) groups is 1. The van der Waals surface area contributed by atoms with Crippen LogP contribution in [0.5, 0.6) is 5.75 Å². The van der Waals surface area contributed by atoms with Crippen molar-refractivity contribution >= 4 is 23.2 Å². The van der Waals surface area contributed by atoms with Crippen molar-refractivity contribution in [1.82, 2.24) is 10.1 Å². The minimum atomic E-state index is -0.462. The van der Waals surface area contributed by atoms with Crippen LogP contribution >= 0.6 is 11.6 Å². The number of anilines is 1. The van der Waals surface area contributed by atoms with Gasteiger partial charge in [-0.15, -0.1) is 0 Å². The van der Waals surface area contributed by atoms with Gasteiger partial charge < -0.3 is 14.6 Å². The molecule has 1 N–H and O–H groups in total. The van der Waals surface area contributed by atoms with E-state index >= 15 is 0 Å². The molecule has 1 heterocycles. The Bertz CT molecular complexity index is 1180. The number of amides is 1. The predicted octanol–water partition coefficient (Wildman–Crippen LogP) is 5.21. The van der Waals surface area contributed by atoms with Crippen molar-refractivity contribution < 1.29 is 18.4 Å². The first-order valence-corrected chi connectivity index (χ1v) is 9.34. The topological polar surface area (TPSA) is 77.2 Å². The van der Waals surface area contributed by atoms with Crippen molar-refractivity contribution in [2.75, 3.05) is 11.9 Å². The molecule has 4 rings (SSSR count). The first-order valence-electron chi connectivity index (χ1n) is 8.96. The molecule has 4 aromatic rings. The highest BCUT2D eigenvalue weighted by Gasteiger charge is 2.17. The number of halogens is 2. The van der Waals surface area contributed by atoms with E-state index in [4.69, 9.17) is 20.9 Å². The molecule has 0 aliphatic carbocycles. The van der Waals surface area contributed by atoms with Crippen LogP contribution in [0, 0.1) is 5.82 Å². The quantitative estimate of drug-likeness (QED) is 0.460. The first-order chi connectivity index (χ1) is 14.6. The Hall–Kier alpha value is -3.71. The molecule has 0 atom stereocenters. The molecular weight excluding hydrogens is 409 g/mol. The number of hydrogen-bond acceptors (Lipinski definition) is 5. The van der Waals surface area contributed by atoms with Gasteiger partial charge in [0.25, 0.3) is 11.8 Å². The number of carbonyl (C=O) groups excluding carboxylic acids is 1. The fraction of sp³-hybridized carbons (Fsp3) is 0.0455. The molecule has 0 saturated heterocycles. The molecule has 0 aliphatic rings. The summed E-state index contributed by atoms with van der Waals surface area (Å²) in [6, 6.07) is 19.8. The van der Waals surface area contributed by atoms with Gasteiger partial charge in [0, 0.05) is 10.7 Å². The number of hydrogen-bond donors (Lipinski definition) is 1. The predicted molar refractivity (Wildman–Crippen MR) is 111 cm³/mol. The van der Waals surface area contributed by atoms with Crippen LogP contribution in [-0.4, -0.2) is 22.7 Å². The minimum Gasteiger partial charge on any atom is -0.483 e. The van der Waals surface area contributed by atoms with E-state index in [1.807, 2.05) is 0 Å². The number of benzene rings is 3. The fourth-order valence-corrected chi connectivity index (χ4v) is 2.85. The van der Waals surface area contributed by atoms with Crippen LogP contribution in [0.1, 0.15) is 0 Å². The molecule has 0 saturated carbocycles. The van der Waals surface area contributed by atoms with Gasteiger partial charge in [0.2, 0.25) is 5.82 Å². The van der Waals surface area contributed by atoms with E-state index in [0.29, 0.717) is 22.0 Å². The Morgan fingerprint density at radius 3 is 2.47 bits per heavy atom. The highest BCUT2D eigenvalue weighted by atomic mass is 35.5. The van der Waals surface area contributed by atoms with Gasteiger partial charge in [0.1, 0.15) is 11.6 Å². The average molecular weight is 424 g/mol. The van der Waals surface area contributed by atoms with Crippen LogP contribution < -0.4 is 10.1 Å². The Balaban J connectivity index is 1.49. The van der Waals surface area contributed by atoms with Gasteiger partial charge in [0.15, 0.2) is 6.61 Å². The summed E-state index contributed by atoms with van der Waals surface area (Å²) < 4.78 is 24.8. The molecule has 150 valence electrons. The van der Waals surface area contributed by atoms with E-state index in [2.05, 4.69) is 15.5 Å². The summed E-state index contributed by atoms with van der Waals surface area (Å²) in [7, 11) is 0. The molecular formula is C22H15ClFN3O3. The lowest BCUT2D eigenvalue weighted by atomic mass is 10.2. The van der Waals surface area contributed by atoms with Crippen LogP contribution in [-0.2, 0) is 4.79 Å². The lowest BCUT2D eigenvalue weighted by Gasteiger charge is -2.10. The largest absolute Gasteiger partial charge is 0.483 e. The van der Waals surface area contributed by atoms with Crippen molar-refractivity contribution in [1.29, 1.82) is 0 Å². The van der Waals surface area contributed by atoms with Gasteiger partial charge in [-0.3, -0.25) is 4.79 Å². The molecule has 0 radical (unpaired) electrons. The summed E-state index contributed by atoms with van der Waals surface area (Å²) >= 11 is 5.84. The van der Waals surface area contributed by atoms with Crippen LogP contribution in [0.25, 0.3) is 22.8 Å². The average Bonchev–Trinajstić information content (AvgIpc) is 3.24. The molecule has 30 heavy (non-hydrogen) atoms. The van der Waals surface area contributed by atoms with Crippen LogP contribution in [0.15, 0.2) is 77.3 Å². The fourth-order valence-electron chi connectivity index (χ4n) is 2.73.